The summed E-state index contributed by atoms with van der Waals surface area (Å²) in [6.07, 6.45) is 6.22. The summed E-state index contributed by atoms with van der Waals surface area (Å²) in [6, 6.07) is 0. The third kappa shape index (κ3) is 8.77. The summed E-state index contributed by atoms with van der Waals surface area (Å²) in [5, 5.41) is 1.17. The Balaban J connectivity index is 3.25. The van der Waals surface area contributed by atoms with Gasteiger partial charge in [0.1, 0.15) is 0 Å². The molecule has 0 aliphatic carbocycles. The van der Waals surface area contributed by atoms with Crippen molar-refractivity contribution in [2.45, 2.75) is 51.2 Å². The van der Waals surface area contributed by atoms with Gasteiger partial charge in [-0.25, -0.2) is 0 Å². The fraction of sp³-hybridized carbons (Fsp3) is 1.00. The van der Waals surface area contributed by atoms with E-state index in [9.17, 15) is 0 Å². The minimum absolute atomic E-state index is 0.905. The lowest BCUT2D eigenvalue weighted by Crippen LogP contribution is -2.21. The molecule has 0 bridgehead atoms. The molecule has 0 aromatic heterocycles. The highest BCUT2D eigenvalue weighted by atomic mass is 27.2. The molecule has 2 nitrogen and oxygen atoms in total. The Bertz CT molecular complexity index is 98.9. The minimum atomic E-state index is -1.27. The molecule has 13 heavy (non-hydrogen) atoms. The van der Waals surface area contributed by atoms with Crippen molar-refractivity contribution in [2.75, 3.05) is 13.7 Å². The smallest absolute Gasteiger partial charge is 0.481 e. The quantitative estimate of drug-likeness (QED) is 0.422. The highest BCUT2D eigenvalue weighted by Gasteiger charge is 2.21. The average molecular weight is 202 g/mol. The molecule has 3 heteroatoms. The molecule has 0 saturated heterocycles. The third-order valence-corrected chi connectivity index (χ3v) is 4.12. The van der Waals surface area contributed by atoms with E-state index in [0.29, 0.717) is 0 Å². The van der Waals surface area contributed by atoms with Crippen molar-refractivity contribution < 1.29 is 7.58 Å². The lowest BCUT2D eigenvalue weighted by atomic mass is 10.3. The molecular weight excluding hydrogens is 179 g/mol. The summed E-state index contributed by atoms with van der Waals surface area (Å²) in [7, 11) is 1.78. The van der Waals surface area contributed by atoms with Crippen LogP contribution in [0.3, 0.4) is 0 Å². The van der Waals surface area contributed by atoms with Crippen molar-refractivity contribution in [2.24, 2.45) is 0 Å². The van der Waals surface area contributed by atoms with Gasteiger partial charge in [-0.15, -0.1) is 0 Å². The van der Waals surface area contributed by atoms with Gasteiger partial charge in [-0.3, -0.25) is 0 Å². The SMILES string of the molecule is CCCCC[O][Al]([CH2]CCC)[O]C. The van der Waals surface area contributed by atoms with Crippen LogP contribution in [0, 0.1) is 0 Å². The molecule has 0 heterocycles. The molecule has 0 fully saturated rings. The van der Waals surface area contributed by atoms with Crippen LogP contribution in [0.15, 0.2) is 0 Å². The predicted octanol–water partition coefficient (Wildman–Crippen LogP) is 3.13. The van der Waals surface area contributed by atoms with Crippen molar-refractivity contribution >= 4 is 14.8 Å². The molecule has 0 radical (unpaired) electrons. The third-order valence-electron chi connectivity index (χ3n) is 2.11. The highest BCUT2D eigenvalue weighted by molar-refractivity contribution is 6.44. The summed E-state index contributed by atoms with van der Waals surface area (Å²) < 4.78 is 11.1. The van der Waals surface area contributed by atoms with Gasteiger partial charge in [-0.2, -0.15) is 0 Å². The lowest BCUT2D eigenvalue weighted by Gasteiger charge is -2.09. The van der Waals surface area contributed by atoms with Crippen molar-refractivity contribution in [3.05, 3.63) is 0 Å². The first-order valence-electron chi connectivity index (χ1n) is 5.49. The molecule has 0 amide bonds. The summed E-state index contributed by atoms with van der Waals surface area (Å²) in [4.78, 5) is 0. The van der Waals surface area contributed by atoms with Gasteiger partial charge >= 0.3 is 14.8 Å². The minimum Gasteiger partial charge on any atom is -0.481 e. The number of hydrogen-bond acceptors (Lipinski definition) is 2. The van der Waals surface area contributed by atoms with Gasteiger partial charge in [0.2, 0.25) is 0 Å². The Morgan fingerprint density at radius 2 is 1.69 bits per heavy atom. The van der Waals surface area contributed by atoms with Gasteiger partial charge in [0.15, 0.2) is 0 Å². The molecule has 0 aromatic rings. The van der Waals surface area contributed by atoms with Crippen molar-refractivity contribution in [3.63, 3.8) is 0 Å². The normalized spacial score (nSPS) is 10.4. The van der Waals surface area contributed by atoms with E-state index in [1.54, 1.807) is 7.11 Å². The van der Waals surface area contributed by atoms with Crippen LogP contribution >= 0.6 is 0 Å². The highest BCUT2D eigenvalue weighted by Crippen LogP contribution is 2.04. The average Bonchev–Trinajstić information content (AvgIpc) is 2.17. The van der Waals surface area contributed by atoms with E-state index in [1.165, 1.54) is 37.4 Å². The van der Waals surface area contributed by atoms with Crippen LogP contribution in [0.1, 0.15) is 46.0 Å². The zero-order valence-electron chi connectivity index (χ0n) is 9.34. The van der Waals surface area contributed by atoms with E-state index in [-0.39, 0.29) is 0 Å². The Hall–Kier alpha value is 0.452. The van der Waals surface area contributed by atoms with Crippen LogP contribution in [-0.2, 0) is 7.58 Å². The standard InChI is InChI=1S/C5H11O.C4H9.CH3O.Al/c1-2-3-4-5-6;1-3-4-2;1-2;/h2-5H2,1H3;1,3-4H2,2H3;1H3;/q-1;;-1;+2. The largest absolute Gasteiger partial charge is 0.674 e. The second-order valence-corrected chi connectivity index (χ2v) is 5.63. The molecule has 0 rings (SSSR count). The Kier molecular flexibility index (Phi) is 10.9. The molecular formula is C10H23AlO2. The molecule has 0 aromatic carbocycles. The van der Waals surface area contributed by atoms with Gasteiger partial charge in [0.25, 0.3) is 0 Å². The number of rotatable bonds is 9. The summed E-state index contributed by atoms with van der Waals surface area (Å²) in [5.41, 5.74) is 0. The predicted molar refractivity (Wildman–Crippen MR) is 58.0 cm³/mol. The summed E-state index contributed by atoms with van der Waals surface area (Å²) >= 11 is -1.27. The van der Waals surface area contributed by atoms with Crippen molar-refractivity contribution in [1.82, 2.24) is 0 Å². The molecule has 0 spiro atoms. The van der Waals surface area contributed by atoms with Crippen molar-refractivity contribution in [1.29, 1.82) is 0 Å². The molecule has 0 aliphatic heterocycles. The zero-order valence-corrected chi connectivity index (χ0v) is 10.5. The second kappa shape index (κ2) is 10.5. The molecule has 0 N–H and O–H groups in total. The van der Waals surface area contributed by atoms with Gasteiger partial charge in [0, 0.05) is 13.7 Å². The van der Waals surface area contributed by atoms with Gasteiger partial charge < -0.3 is 7.58 Å². The maximum Gasteiger partial charge on any atom is 0.674 e. The van der Waals surface area contributed by atoms with Crippen LogP contribution < -0.4 is 0 Å². The first kappa shape index (κ1) is 13.5. The number of hydrogen-bond donors (Lipinski definition) is 0. The first-order valence-corrected chi connectivity index (χ1v) is 7.25. The van der Waals surface area contributed by atoms with Gasteiger partial charge in [0.05, 0.1) is 0 Å². The van der Waals surface area contributed by atoms with Crippen LogP contribution in [-0.4, -0.2) is 28.5 Å². The Morgan fingerprint density at radius 1 is 1.00 bits per heavy atom. The van der Waals surface area contributed by atoms with E-state index in [4.69, 9.17) is 7.58 Å². The fourth-order valence-electron chi connectivity index (χ4n) is 1.21. The Labute approximate surface area is 87.7 Å². The summed E-state index contributed by atoms with van der Waals surface area (Å²) in [6.45, 7) is 5.32. The number of unbranched alkanes of at least 4 members (excludes halogenated alkanes) is 3. The maximum absolute atomic E-state index is 5.71. The monoisotopic (exact) mass is 202 g/mol. The molecule has 0 atom stereocenters. The maximum atomic E-state index is 5.71. The summed E-state index contributed by atoms with van der Waals surface area (Å²) in [5.74, 6) is 0. The topological polar surface area (TPSA) is 18.5 Å². The van der Waals surface area contributed by atoms with E-state index in [2.05, 4.69) is 13.8 Å². The van der Waals surface area contributed by atoms with E-state index in [0.717, 1.165) is 6.61 Å². The fourth-order valence-corrected chi connectivity index (χ4v) is 2.92. The molecule has 0 aliphatic rings. The second-order valence-electron chi connectivity index (χ2n) is 3.39. The van der Waals surface area contributed by atoms with Crippen LogP contribution in [0.2, 0.25) is 5.28 Å². The molecule has 0 unspecified atom stereocenters. The van der Waals surface area contributed by atoms with E-state index >= 15 is 0 Å². The van der Waals surface area contributed by atoms with Gasteiger partial charge in [-0.05, 0) is 11.7 Å². The van der Waals surface area contributed by atoms with Crippen molar-refractivity contribution in [3.8, 4) is 0 Å². The lowest BCUT2D eigenvalue weighted by molar-refractivity contribution is 0.223. The molecule has 78 valence electrons. The van der Waals surface area contributed by atoms with Crippen LogP contribution in [0.5, 0.6) is 0 Å². The zero-order chi connectivity index (χ0) is 9.94. The van der Waals surface area contributed by atoms with E-state index < -0.39 is 14.8 Å². The Morgan fingerprint density at radius 3 is 2.23 bits per heavy atom. The molecule has 0 saturated carbocycles. The van der Waals surface area contributed by atoms with Gasteiger partial charge in [-0.1, -0.05) is 39.5 Å². The van der Waals surface area contributed by atoms with Crippen LogP contribution in [0.25, 0.3) is 0 Å². The van der Waals surface area contributed by atoms with Crippen LogP contribution in [0.4, 0.5) is 0 Å². The van der Waals surface area contributed by atoms with E-state index in [1.807, 2.05) is 0 Å². The first-order chi connectivity index (χ1) is 6.35.